The monoisotopic (exact) mass is 805 g/mol. The summed E-state index contributed by atoms with van der Waals surface area (Å²) in [5.41, 5.74) is 5.10. The third-order valence-corrected chi connectivity index (χ3v) is 11.7. The number of amides is 3. The number of imidazole rings is 1. The first kappa shape index (κ1) is 35.9. The first-order valence-electron chi connectivity index (χ1n) is 19.3. The second kappa shape index (κ2) is 13.1. The van der Waals surface area contributed by atoms with Gasteiger partial charge in [0.2, 0.25) is 11.8 Å². The van der Waals surface area contributed by atoms with Gasteiger partial charge in [-0.1, -0.05) is 47.3 Å². The molecule has 295 valence electrons. The van der Waals surface area contributed by atoms with E-state index in [2.05, 4.69) is 25.3 Å². The number of piperidine rings is 1. The molecule has 1 unspecified atom stereocenters. The number of pyridine rings is 2. The molecule has 2 fully saturated rings. The Labute approximate surface area is 338 Å². The van der Waals surface area contributed by atoms with E-state index in [1.807, 2.05) is 55.8 Å². The van der Waals surface area contributed by atoms with Crippen LogP contribution in [0.5, 0.6) is 17.2 Å². The fraction of sp³-hybridized carbons (Fsp3) is 0.182. The minimum absolute atomic E-state index is 0.0502. The quantitative estimate of drug-likeness (QED) is 0.144. The van der Waals surface area contributed by atoms with Gasteiger partial charge in [-0.25, -0.2) is 9.97 Å². The van der Waals surface area contributed by atoms with Gasteiger partial charge in [-0.05, 0) is 72.1 Å². The Morgan fingerprint density at radius 3 is 2.50 bits per heavy atom. The van der Waals surface area contributed by atoms with Crippen LogP contribution in [0.15, 0.2) is 102 Å². The molecule has 16 heteroatoms. The van der Waals surface area contributed by atoms with Gasteiger partial charge >= 0.3 is 6.18 Å². The fourth-order valence-corrected chi connectivity index (χ4v) is 8.74. The highest BCUT2D eigenvalue weighted by Crippen LogP contribution is 2.63. The summed E-state index contributed by atoms with van der Waals surface area (Å²) in [4.78, 5) is 67.0. The molecule has 3 aliphatic heterocycles. The second-order valence-corrected chi connectivity index (χ2v) is 15.5. The van der Waals surface area contributed by atoms with Gasteiger partial charge in [0.25, 0.3) is 11.5 Å². The van der Waals surface area contributed by atoms with Crippen molar-refractivity contribution < 1.29 is 37.0 Å². The molecular formula is C44H29BF3N6O6. The van der Waals surface area contributed by atoms with Crippen LogP contribution in [0.3, 0.4) is 0 Å². The third kappa shape index (κ3) is 6.00. The van der Waals surface area contributed by atoms with Crippen LogP contribution in [0.4, 0.5) is 13.2 Å². The maximum atomic E-state index is 13.3. The molecule has 0 bridgehead atoms. The van der Waals surface area contributed by atoms with Gasteiger partial charge < -0.3 is 24.3 Å². The van der Waals surface area contributed by atoms with Crippen LogP contribution >= 0.6 is 0 Å². The molecule has 7 aromatic rings. The lowest BCUT2D eigenvalue weighted by molar-refractivity contribution is -0.138. The Kier molecular flexibility index (Phi) is 7.86. The third-order valence-electron chi connectivity index (χ3n) is 11.7. The summed E-state index contributed by atoms with van der Waals surface area (Å²) in [5.74, 6) is 1.06. The van der Waals surface area contributed by atoms with Crippen molar-refractivity contribution in [3.63, 3.8) is 0 Å². The molecule has 0 spiro atoms. The predicted octanol–water partition coefficient (Wildman–Crippen LogP) is 5.34. The maximum Gasteiger partial charge on any atom is 0.416 e. The Morgan fingerprint density at radius 1 is 0.850 bits per heavy atom. The van der Waals surface area contributed by atoms with E-state index in [1.54, 1.807) is 30.5 Å². The lowest BCUT2D eigenvalue weighted by atomic mass is 9.63. The summed E-state index contributed by atoms with van der Waals surface area (Å²) in [7, 11) is 1.96. The number of halogens is 3. The molecule has 11 rings (SSSR count). The molecule has 12 nitrogen and oxygen atoms in total. The largest absolute Gasteiger partial charge is 0.489 e. The lowest BCUT2D eigenvalue weighted by Crippen LogP contribution is -2.52. The molecule has 60 heavy (non-hydrogen) atoms. The number of aromatic amines is 2. The summed E-state index contributed by atoms with van der Waals surface area (Å²) < 4.78 is 52.5. The Bertz CT molecular complexity index is 3060. The Hall–Kier alpha value is -7.23. The van der Waals surface area contributed by atoms with Crippen LogP contribution in [0.2, 0.25) is 0 Å². The van der Waals surface area contributed by atoms with E-state index in [4.69, 9.17) is 9.47 Å². The number of ether oxygens (including phenoxy) is 2. The van der Waals surface area contributed by atoms with Crippen molar-refractivity contribution in [2.45, 2.75) is 49.5 Å². The average molecular weight is 806 g/mol. The molecule has 4 aliphatic rings. The van der Waals surface area contributed by atoms with E-state index < -0.39 is 23.7 Å². The van der Waals surface area contributed by atoms with Crippen LogP contribution in [0.1, 0.15) is 57.6 Å². The molecule has 6 heterocycles. The number of benzene rings is 4. The highest BCUT2D eigenvalue weighted by molar-refractivity contribution is 6.67. The van der Waals surface area contributed by atoms with Gasteiger partial charge in [0, 0.05) is 41.8 Å². The number of hydrogen-bond donors (Lipinski definition) is 3. The smallest absolute Gasteiger partial charge is 0.416 e. The lowest BCUT2D eigenvalue weighted by Gasteiger charge is -2.29. The van der Waals surface area contributed by atoms with Crippen molar-refractivity contribution in [2.75, 3.05) is 0 Å². The SMILES string of the molecule is O=C1CCC(N2Cc3cc([B]c4ccc(-c5cc6c(Oc7ccc8c(c7)[C@H]7[C@@H](O8)[C@@H]7c7nc8ccc(C(F)(F)F)cc8[nH]7)ccnc6[nH]c5=O)cc4)ccc3C2=O)C(=O)N1. The molecular weight excluding hydrogens is 776 g/mol. The van der Waals surface area contributed by atoms with Crippen LogP contribution in [0.25, 0.3) is 33.2 Å². The van der Waals surface area contributed by atoms with Gasteiger partial charge in [0.1, 0.15) is 40.9 Å². The zero-order chi connectivity index (χ0) is 41.0. The summed E-state index contributed by atoms with van der Waals surface area (Å²) in [5, 5.41) is 2.91. The van der Waals surface area contributed by atoms with Gasteiger partial charge in [0.15, 0.2) is 7.28 Å². The number of carbonyl (C=O) groups is 3. The van der Waals surface area contributed by atoms with Crippen molar-refractivity contribution in [1.82, 2.24) is 30.2 Å². The number of alkyl halides is 3. The van der Waals surface area contributed by atoms with Crippen LogP contribution in [-0.2, 0) is 22.3 Å². The molecule has 1 saturated carbocycles. The number of carbonyl (C=O) groups excluding carboxylic acids is 3. The number of aromatic nitrogens is 4. The van der Waals surface area contributed by atoms with E-state index >= 15 is 0 Å². The highest BCUT2D eigenvalue weighted by atomic mass is 19.4. The highest BCUT2D eigenvalue weighted by Gasteiger charge is 2.61. The topological polar surface area (TPSA) is 159 Å². The second-order valence-electron chi connectivity index (χ2n) is 15.5. The van der Waals surface area contributed by atoms with E-state index in [0.29, 0.717) is 68.3 Å². The minimum Gasteiger partial charge on any atom is -0.489 e. The standard InChI is InChI=1S/C44H29BF3N6O6/c46-44(47,48)22-3-9-30-31(16-22)51-40(50-30)37-36-28-17-25(7-11-33(28)60-38(36)37)59-34-13-14-49-39-29(34)18-27(41(56)53-39)20-1-4-23(5-2-20)45-24-6-8-26-21(15-24)19-54(43(26)58)32-10-12-35(55)52-42(32)57/h1-9,11,13-18,32,36-38H,10,12,19H2,(H,50,51)(H,49,53,56)(H,52,55,57)/t32?,36-,37-,38-/m1/s1. The van der Waals surface area contributed by atoms with E-state index in [9.17, 15) is 32.3 Å². The molecule has 1 radical (unpaired) electrons. The summed E-state index contributed by atoms with van der Waals surface area (Å²) in [6, 6.07) is 24.8. The van der Waals surface area contributed by atoms with Gasteiger partial charge in [-0.3, -0.25) is 24.5 Å². The van der Waals surface area contributed by atoms with Crippen molar-refractivity contribution in [3.05, 3.63) is 136 Å². The van der Waals surface area contributed by atoms with E-state index in [0.717, 1.165) is 34.2 Å². The molecule has 4 atom stereocenters. The summed E-state index contributed by atoms with van der Waals surface area (Å²) in [6.07, 6.45) is -2.62. The summed E-state index contributed by atoms with van der Waals surface area (Å²) in [6.45, 7) is 0.276. The average Bonchev–Trinajstić information content (AvgIpc) is 3.44. The van der Waals surface area contributed by atoms with Crippen molar-refractivity contribution in [3.8, 4) is 28.4 Å². The number of rotatable bonds is 7. The number of nitrogens with one attached hydrogen (secondary N) is 3. The zero-order valence-corrected chi connectivity index (χ0v) is 31.2. The van der Waals surface area contributed by atoms with Crippen LogP contribution in [0, 0.1) is 0 Å². The Morgan fingerprint density at radius 2 is 1.68 bits per heavy atom. The van der Waals surface area contributed by atoms with Crippen molar-refractivity contribution in [2.24, 2.45) is 0 Å². The predicted molar refractivity (Wildman–Crippen MR) is 213 cm³/mol. The molecule has 3 aromatic heterocycles. The number of imide groups is 1. The number of H-pyrrole nitrogens is 2. The van der Waals surface area contributed by atoms with Gasteiger partial charge in [-0.15, -0.1) is 0 Å². The fourth-order valence-electron chi connectivity index (χ4n) is 8.74. The van der Waals surface area contributed by atoms with E-state index in [1.165, 1.54) is 11.0 Å². The first-order valence-corrected chi connectivity index (χ1v) is 19.3. The molecule has 1 aliphatic carbocycles. The molecule has 3 N–H and O–H groups in total. The summed E-state index contributed by atoms with van der Waals surface area (Å²) >= 11 is 0. The van der Waals surface area contributed by atoms with E-state index in [-0.39, 0.29) is 48.3 Å². The van der Waals surface area contributed by atoms with Crippen LogP contribution < -0.4 is 31.3 Å². The normalized spacial score (nSPS) is 20.4. The zero-order valence-electron chi connectivity index (χ0n) is 31.2. The minimum atomic E-state index is -4.46. The van der Waals surface area contributed by atoms with Gasteiger partial charge in [0.05, 0.1) is 27.9 Å². The number of hydrogen-bond acceptors (Lipinski definition) is 8. The maximum absolute atomic E-state index is 13.3. The number of fused-ring (bicyclic) bond motifs is 6. The number of nitrogens with zero attached hydrogens (tertiary/aromatic N) is 3. The van der Waals surface area contributed by atoms with Crippen molar-refractivity contribution in [1.29, 1.82) is 0 Å². The molecule has 1 saturated heterocycles. The molecule has 3 amide bonds. The van der Waals surface area contributed by atoms with Gasteiger partial charge in [-0.2, -0.15) is 13.2 Å². The Balaban J connectivity index is 0.806. The van der Waals surface area contributed by atoms with Crippen molar-refractivity contribution >= 4 is 58.0 Å². The molecule has 4 aromatic carbocycles. The first-order chi connectivity index (χ1) is 28.9. The van der Waals surface area contributed by atoms with Crippen LogP contribution in [-0.4, -0.2) is 62.0 Å².